The van der Waals surface area contributed by atoms with Crippen LogP contribution in [-0.4, -0.2) is 27.5 Å². The van der Waals surface area contributed by atoms with Crippen LogP contribution in [0.3, 0.4) is 0 Å². The van der Waals surface area contributed by atoms with E-state index in [1.165, 1.54) is 0 Å². The number of hydrogen-bond donors (Lipinski definition) is 2. The van der Waals surface area contributed by atoms with Crippen molar-refractivity contribution < 1.29 is 19.8 Å². The molecule has 0 fully saturated rings. The van der Waals surface area contributed by atoms with Gasteiger partial charge in [0.15, 0.2) is 0 Å². The van der Waals surface area contributed by atoms with Gasteiger partial charge in [0.05, 0.1) is 6.42 Å². The minimum absolute atomic E-state index is 0. The maximum absolute atomic E-state index is 9.84. The average Bonchev–Trinajstić information content (AvgIpc) is 1.63. The van der Waals surface area contributed by atoms with Crippen LogP contribution in [0.15, 0.2) is 0 Å². The summed E-state index contributed by atoms with van der Waals surface area (Å²) < 4.78 is 0. The number of halogens is 1. The van der Waals surface area contributed by atoms with Crippen LogP contribution in [0, 0.1) is 0 Å². The van der Waals surface area contributed by atoms with Gasteiger partial charge in [-0.2, -0.15) is 0 Å². The topological polar surface area (TPSA) is 74.6 Å². The molecule has 10 heavy (non-hydrogen) atoms. The van der Waals surface area contributed by atoms with E-state index in [0.29, 0.717) is 0 Å². The molecule has 1 atom stereocenters. The first-order valence-electron chi connectivity index (χ1n) is 2.12. The van der Waals surface area contributed by atoms with Crippen molar-refractivity contribution in [3.05, 3.63) is 0 Å². The Kier molecular flexibility index (Phi) is 6.04. The lowest BCUT2D eigenvalue weighted by Crippen LogP contribution is -2.17. The summed E-state index contributed by atoms with van der Waals surface area (Å²) >= 11 is 5.03. The van der Waals surface area contributed by atoms with Crippen LogP contribution < -0.4 is 0 Å². The first-order chi connectivity index (χ1) is 4.04. The van der Waals surface area contributed by atoms with Crippen LogP contribution in [0.25, 0.3) is 0 Å². The van der Waals surface area contributed by atoms with Gasteiger partial charge in [0, 0.05) is 0 Å². The first-order valence-corrected chi connectivity index (χ1v) is 2.56. The van der Waals surface area contributed by atoms with Crippen molar-refractivity contribution in [2.75, 3.05) is 0 Å². The monoisotopic (exact) mass is 168 g/mol. The molecule has 0 rings (SSSR count). The van der Waals surface area contributed by atoms with Crippen molar-refractivity contribution in [3.8, 4) is 0 Å². The second kappa shape index (κ2) is 5.05. The highest BCUT2D eigenvalue weighted by atomic mass is 35.5. The second-order valence-electron chi connectivity index (χ2n) is 1.40. The number of rotatable bonds is 3. The molecule has 0 aliphatic carbocycles. The van der Waals surface area contributed by atoms with E-state index in [9.17, 15) is 9.59 Å². The molecule has 0 aromatic carbocycles. The molecular weight excluding hydrogens is 160 g/mol. The summed E-state index contributed by atoms with van der Waals surface area (Å²) in [5.74, 6) is -2.52. The third-order valence-electron chi connectivity index (χ3n) is 0.622. The average molecular weight is 169 g/mol. The first kappa shape index (κ1) is 12.0. The largest absolute Gasteiger partial charge is 0.481 e. The minimum atomic E-state index is -1.32. The molecule has 0 aliphatic rings. The van der Waals surface area contributed by atoms with Crippen LogP contribution in [0.1, 0.15) is 13.8 Å². The number of carboxylic acid groups (broad SMARTS) is 2. The van der Waals surface area contributed by atoms with E-state index >= 15 is 0 Å². The predicted octanol–water partition coefficient (Wildman–Crippen LogP) is 0.789. The van der Waals surface area contributed by atoms with Gasteiger partial charge in [-0.15, -0.1) is 11.6 Å². The highest BCUT2D eigenvalue weighted by Gasteiger charge is 2.16. The van der Waals surface area contributed by atoms with Gasteiger partial charge in [-0.25, -0.2) is 0 Å². The smallest absolute Gasteiger partial charge is 0.322 e. The van der Waals surface area contributed by atoms with E-state index in [-0.39, 0.29) is 7.43 Å². The highest BCUT2D eigenvalue weighted by Crippen LogP contribution is 2.00. The molecule has 0 bridgehead atoms. The van der Waals surface area contributed by atoms with Gasteiger partial charge >= 0.3 is 11.9 Å². The summed E-state index contributed by atoms with van der Waals surface area (Å²) in [6, 6.07) is 0. The summed E-state index contributed by atoms with van der Waals surface area (Å²) in [6.07, 6.45) is -0.545. The van der Waals surface area contributed by atoms with Crippen molar-refractivity contribution in [3.63, 3.8) is 0 Å². The summed E-state index contributed by atoms with van der Waals surface area (Å²) in [4.78, 5) is 19.6. The Morgan fingerprint density at radius 3 is 1.90 bits per heavy atom. The zero-order chi connectivity index (χ0) is 7.44. The van der Waals surface area contributed by atoms with Crippen LogP contribution in [-0.2, 0) is 9.59 Å². The van der Waals surface area contributed by atoms with E-state index in [4.69, 9.17) is 21.8 Å². The Bertz CT molecular complexity index is 134. The fraction of sp³-hybridized carbons (Fsp3) is 0.600. The quantitative estimate of drug-likeness (QED) is 0.611. The lowest BCUT2D eigenvalue weighted by molar-refractivity contribution is -0.143. The van der Waals surface area contributed by atoms with Crippen LogP contribution in [0.5, 0.6) is 0 Å². The number of carbonyl (C=O) groups is 2. The van der Waals surface area contributed by atoms with Crippen molar-refractivity contribution >= 4 is 23.5 Å². The molecule has 5 heteroatoms. The maximum Gasteiger partial charge on any atom is 0.322 e. The Hall–Kier alpha value is -0.770. The van der Waals surface area contributed by atoms with Crippen molar-refractivity contribution in [1.29, 1.82) is 0 Å². The third-order valence-corrected chi connectivity index (χ3v) is 0.963. The van der Waals surface area contributed by atoms with Gasteiger partial charge in [-0.1, -0.05) is 7.43 Å². The lowest BCUT2D eigenvalue weighted by Gasteiger charge is -1.96. The number of aliphatic carboxylic acids is 2. The Morgan fingerprint density at radius 1 is 1.40 bits per heavy atom. The number of alkyl halides is 1. The predicted molar refractivity (Wildman–Crippen MR) is 36.3 cm³/mol. The van der Waals surface area contributed by atoms with E-state index < -0.39 is 23.7 Å². The Balaban J connectivity index is 0. The van der Waals surface area contributed by atoms with Crippen LogP contribution >= 0.6 is 11.6 Å². The number of carboxylic acids is 2. The standard InChI is InChI=1S/C4H5ClO4.CH4/c5-2(4(8)9)1-3(6)7;/h2H,1H2,(H,6,7)(H,8,9);1H4/t2-;/m1./s1. The Morgan fingerprint density at radius 2 is 1.80 bits per heavy atom. The zero-order valence-electron chi connectivity index (χ0n) is 4.37. The molecule has 4 nitrogen and oxygen atoms in total. The van der Waals surface area contributed by atoms with Crippen LogP contribution in [0.4, 0.5) is 0 Å². The SMILES string of the molecule is C.O=C(O)C[C@@H](Cl)C(=O)O. The molecule has 0 heterocycles. The van der Waals surface area contributed by atoms with Gasteiger partial charge in [-0.05, 0) is 0 Å². The van der Waals surface area contributed by atoms with Gasteiger partial charge in [0.2, 0.25) is 0 Å². The van der Waals surface area contributed by atoms with Gasteiger partial charge in [0.25, 0.3) is 0 Å². The van der Waals surface area contributed by atoms with Gasteiger partial charge in [0.1, 0.15) is 5.38 Å². The minimum Gasteiger partial charge on any atom is -0.481 e. The Labute approximate surface area is 63.4 Å². The van der Waals surface area contributed by atoms with E-state index in [1.54, 1.807) is 0 Å². The zero-order valence-corrected chi connectivity index (χ0v) is 5.13. The molecule has 0 aromatic heterocycles. The molecule has 0 amide bonds. The van der Waals surface area contributed by atoms with Gasteiger partial charge in [-0.3, -0.25) is 9.59 Å². The fourth-order valence-electron chi connectivity index (χ4n) is 0.241. The normalized spacial score (nSPS) is 11.3. The lowest BCUT2D eigenvalue weighted by atomic mass is 10.3. The molecule has 0 aliphatic heterocycles. The molecule has 0 saturated carbocycles. The highest BCUT2D eigenvalue weighted by molar-refractivity contribution is 6.30. The van der Waals surface area contributed by atoms with Crippen LogP contribution in [0.2, 0.25) is 0 Å². The third kappa shape index (κ3) is 5.37. The molecule has 0 aromatic rings. The van der Waals surface area contributed by atoms with Crippen molar-refractivity contribution in [2.45, 2.75) is 19.2 Å². The summed E-state index contributed by atoms with van der Waals surface area (Å²) in [6.45, 7) is 0. The molecule has 2 N–H and O–H groups in total. The summed E-state index contributed by atoms with van der Waals surface area (Å²) in [5.41, 5.74) is 0. The summed E-state index contributed by atoms with van der Waals surface area (Å²) in [7, 11) is 0. The van der Waals surface area contributed by atoms with Gasteiger partial charge < -0.3 is 10.2 Å². The fourth-order valence-corrected chi connectivity index (χ4v) is 0.373. The number of hydrogen-bond acceptors (Lipinski definition) is 2. The summed E-state index contributed by atoms with van der Waals surface area (Å²) in [5, 5.41) is 14.7. The van der Waals surface area contributed by atoms with Crippen molar-refractivity contribution in [1.82, 2.24) is 0 Å². The molecule has 0 saturated heterocycles. The van der Waals surface area contributed by atoms with E-state index in [1.807, 2.05) is 0 Å². The molecule has 0 unspecified atom stereocenters. The molecule has 0 radical (unpaired) electrons. The van der Waals surface area contributed by atoms with E-state index in [0.717, 1.165) is 0 Å². The second-order valence-corrected chi connectivity index (χ2v) is 1.93. The van der Waals surface area contributed by atoms with Crippen molar-refractivity contribution in [2.24, 2.45) is 0 Å². The molecule has 60 valence electrons. The maximum atomic E-state index is 9.84. The molecule has 0 spiro atoms. The van der Waals surface area contributed by atoms with E-state index in [2.05, 4.69) is 0 Å². The molecular formula is C5H9ClO4.